The normalized spacial score (nSPS) is 13.1. The quantitative estimate of drug-likeness (QED) is 0.443. The SMILES string of the molecule is CC[C@@H](C)NC(=O)[C@@H](CC)N(Cc1ccc(Cl)cc1Cl)C(=O)CN(c1cccc(C)c1)S(C)(=O)=O. The first-order chi connectivity index (χ1) is 16.4. The number of anilines is 1. The van der Waals surface area contributed by atoms with Crippen molar-refractivity contribution in [3.8, 4) is 0 Å². The van der Waals surface area contributed by atoms with Gasteiger partial charge in [0.05, 0.1) is 11.9 Å². The zero-order valence-corrected chi connectivity index (χ0v) is 23.0. The van der Waals surface area contributed by atoms with Crippen LogP contribution in [0.25, 0.3) is 0 Å². The summed E-state index contributed by atoms with van der Waals surface area (Å²) >= 11 is 12.4. The molecule has 0 spiro atoms. The van der Waals surface area contributed by atoms with E-state index in [1.807, 2.05) is 26.8 Å². The molecule has 0 unspecified atom stereocenters. The van der Waals surface area contributed by atoms with Gasteiger partial charge in [-0.2, -0.15) is 0 Å². The first-order valence-corrected chi connectivity index (χ1v) is 14.1. The number of amides is 2. The van der Waals surface area contributed by atoms with E-state index in [-0.39, 0.29) is 18.5 Å². The van der Waals surface area contributed by atoms with Crippen molar-refractivity contribution in [2.45, 2.75) is 59.2 Å². The third-order valence-electron chi connectivity index (χ3n) is 5.71. The molecule has 0 saturated carbocycles. The van der Waals surface area contributed by atoms with Gasteiger partial charge in [-0.1, -0.05) is 55.2 Å². The second-order valence-electron chi connectivity index (χ2n) is 8.61. The van der Waals surface area contributed by atoms with Crippen molar-refractivity contribution in [2.75, 3.05) is 17.1 Å². The van der Waals surface area contributed by atoms with E-state index in [1.54, 1.807) is 43.3 Å². The summed E-state index contributed by atoms with van der Waals surface area (Å²) in [6, 6.07) is 10.9. The monoisotopic (exact) mass is 541 g/mol. The predicted octanol–water partition coefficient (Wildman–Crippen LogP) is 4.79. The van der Waals surface area contributed by atoms with Gasteiger partial charge in [-0.15, -0.1) is 0 Å². The topological polar surface area (TPSA) is 86.8 Å². The third kappa shape index (κ3) is 8.12. The minimum absolute atomic E-state index is 0.0205. The van der Waals surface area contributed by atoms with Crippen molar-refractivity contribution < 1.29 is 18.0 Å². The largest absolute Gasteiger partial charge is 0.352 e. The van der Waals surface area contributed by atoms with Crippen molar-refractivity contribution in [1.82, 2.24) is 10.2 Å². The molecule has 0 aliphatic rings. The molecule has 0 aliphatic heterocycles. The van der Waals surface area contributed by atoms with Crippen LogP contribution in [0.4, 0.5) is 5.69 Å². The van der Waals surface area contributed by atoms with E-state index in [0.717, 1.165) is 22.5 Å². The molecular formula is C25H33Cl2N3O4S. The molecule has 2 aromatic carbocycles. The van der Waals surface area contributed by atoms with Crippen LogP contribution >= 0.6 is 23.2 Å². The van der Waals surface area contributed by atoms with Crippen LogP contribution in [0.2, 0.25) is 10.0 Å². The number of nitrogens with zero attached hydrogens (tertiary/aromatic N) is 2. The van der Waals surface area contributed by atoms with Crippen LogP contribution in [0.15, 0.2) is 42.5 Å². The van der Waals surface area contributed by atoms with Crippen molar-refractivity contribution in [1.29, 1.82) is 0 Å². The van der Waals surface area contributed by atoms with Gasteiger partial charge < -0.3 is 10.2 Å². The van der Waals surface area contributed by atoms with Gasteiger partial charge in [-0.05, 0) is 62.1 Å². The minimum Gasteiger partial charge on any atom is -0.352 e. The number of nitrogens with one attached hydrogen (secondary N) is 1. The minimum atomic E-state index is -3.78. The van der Waals surface area contributed by atoms with Gasteiger partial charge in [-0.25, -0.2) is 8.42 Å². The average Bonchev–Trinajstić information content (AvgIpc) is 2.77. The Morgan fingerprint density at radius 1 is 1.06 bits per heavy atom. The standard InChI is InChI=1S/C25H33Cl2N3O4S/c1-6-18(4)28-25(32)23(7-2)29(15-19-11-12-20(26)14-22(19)27)24(31)16-30(35(5,33)34)21-10-8-9-17(3)13-21/h8-14,18,23H,6-7,15-16H2,1-5H3,(H,28,32)/t18-,23-/m1/s1. The molecule has 1 N–H and O–H groups in total. The van der Waals surface area contributed by atoms with E-state index in [4.69, 9.17) is 23.2 Å². The lowest BCUT2D eigenvalue weighted by Crippen LogP contribution is -2.53. The van der Waals surface area contributed by atoms with E-state index in [2.05, 4.69) is 5.32 Å². The Kier molecular flexibility index (Phi) is 10.4. The smallest absolute Gasteiger partial charge is 0.244 e. The first kappa shape index (κ1) is 28.9. The Bertz CT molecular complexity index is 1160. The van der Waals surface area contributed by atoms with Crippen molar-refractivity contribution >= 4 is 50.7 Å². The molecule has 10 heteroatoms. The molecule has 0 bridgehead atoms. The maximum atomic E-state index is 13.7. The van der Waals surface area contributed by atoms with E-state index in [1.165, 1.54) is 4.90 Å². The molecule has 192 valence electrons. The van der Waals surface area contributed by atoms with E-state index in [0.29, 0.717) is 27.7 Å². The summed E-state index contributed by atoms with van der Waals surface area (Å²) in [5.41, 5.74) is 1.83. The number of halogens is 2. The van der Waals surface area contributed by atoms with Gasteiger partial charge in [0, 0.05) is 22.6 Å². The number of hydrogen-bond donors (Lipinski definition) is 1. The molecule has 0 saturated heterocycles. The third-order valence-corrected chi connectivity index (χ3v) is 7.44. The van der Waals surface area contributed by atoms with E-state index in [9.17, 15) is 18.0 Å². The average molecular weight is 543 g/mol. The number of aryl methyl sites for hydroxylation is 1. The molecule has 0 radical (unpaired) electrons. The summed E-state index contributed by atoms with van der Waals surface area (Å²) in [6.07, 6.45) is 2.12. The lowest BCUT2D eigenvalue weighted by molar-refractivity contribution is -0.140. The maximum Gasteiger partial charge on any atom is 0.244 e. The molecule has 35 heavy (non-hydrogen) atoms. The molecule has 2 aromatic rings. The highest BCUT2D eigenvalue weighted by molar-refractivity contribution is 7.92. The van der Waals surface area contributed by atoms with Gasteiger partial charge in [0.2, 0.25) is 21.8 Å². The predicted molar refractivity (Wildman–Crippen MR) is 142 cm³/mol. The molecule has 2 rings (SSSR count). The number of carbonyl (C=O) groups is 2. The maximum absolute atomic E-state index is 13.7. The lowest BCUT2D eigenvalue weighted by Gasteiger charge is -2.33. The number of carbonyl (C=O) groups excluding carboxylic acids is 2. The van der Waals surface area contributed by atoms with Crippen LogP contribution in [0.1, 0.15) is 44.7 Å². The molecular weight excluding hydrogens is 509 g/mol. The first-order valence-electron chi connectivity index (χ1n) is 11.5. The highest BCUT2D eigenvalue weighted by Gasteiger charge is 2.32. The van der Waals surface area contributed by atoms with E-state index >= 15 is 0 Å². The summed E-state index contributed by atoms with van der Waals surface area (Å²) in [4.78, 5) is 28.2. The number of benzene rings is 2. The molecule has 0 aromatic heterocycles. The fourth-order valence-corrected chi connectivity index (χ4v) is 4.90. The van der Waals surface area contributed by atoms with Gasteiger partial charge in [-0.3, -0.25) is 13.9 Å². The number of rotatable bonds is 11. The number of hydrogen-bond acceptors (Lipinski definition) is 4. The van der Waals surface area contributed by atoms with Crippen LogP contribution in [-0.4, -0.2) is 50.0 Å². The van der Waals surface area contributed by atoms with Crippen LogP contribution in [0.3, 0.4) is 0 Å². The van der Waals surface area contributed by atoms with Crippen LogP contribution in [0.5, 0.6) is 0 Å². The Hall–Kier alpha value is -2.29. The Morgan fingerprint density at radius 2 is 1.74 bits per heavy atom. The molecule has 0 heterocycles. The fraction of sp³-hybridized carbons (Fsp3) is 0.440. The second-order valence-corrected chi connectivity index (χ2v) is 11.4. The van der Waals surface area contributed by atoms with Gasteiger partial charge in [0.15, 0.2) is 0 Å². The van der Waals surface area contributed by atoms with Gasteiger partial charge in [0.25, 0.3) is 0 Å². The Morgan fingerprint density at radius 3 is 2.29 bits per heavy atom. The molecule has 0 fully saturated rings. The molecule has 7 nitrogen and oxygen atoms in total. The zero-order valence-electron chi connectivity index (χ0n) is 20.7. The lowest BCUT2D eigenvalue weighted by atomic mass is 10.1. The van der Waals surface area contributed by atoms with Crippen LogP contribution < -0.4 is 9.62 Å². The number of sulfonamides is 1. The summed E-state index contributed by atoms with van der Waals surface area (Å²) in [5.74, 6) is -0.823. The van der Waals surface area contributed by atoms with Gasteiger partial charge in [0.1, 0.15) is 12.6 Å². The molecule has 2 amide bonds. The van der Waals surface area contributed by atoms with Crippen molar-refractivity contribution in [2.24, 2.45) is 0 Å². The van der Waals surface area contributed by atoms with Crippen molar-refractivity contribution in [3.05, 3.63) is 63.6 Å². The zero-order chi connectivity index (χ0) is 26.3. The van der Waals surface area contributed by atoms with Crippen LogP contribution in [0, 0.1) is 6.92 Å². The highest BCUT2D eigenvalue weighted by Crippen LogP contribution is 2.25. The second kappa shape index (κ2) is 12.6. The molecule has 0 aliphatic carbocycles. The highest BCUT2D eigenvalue weighted by atomic mass is 35.5. The summed E-state index contributed by atoms with van der Waals surface area (Å²) in [5, 5.41) is 3.73. The molecule has 2 atom stereocenters. The van der Waals surface area contributed by atoms with Gasteiger partial charge >= 0.3 is 0 Å². The summed E-state index contributed by atoms with van der Waals surface area (Å²) in [7, 11) is -3.78. The summed E-state index contributed by atoms with van der Waals surface area (Å²) < 4.78 is 26.4. The fourth-order valence-electron chi connectivity index (χ4n) is 3.59. The Balaban J connectivity index is 2.48. The van der Waals surface area contributed by atoms with Crippen molar-refractivity contribution in [3.63, 3.8) is 0 Å². The Labute approximate surface area is 218 Å². The van der Waals surface area contributed by atoms with E-state index < -0.39 is 28.5 Å². The van der Waals surface area contributed by atoms with Crippen LogP contribution in [-0.2, 0) is 26.2 Å². The summed E-state index contributed by atoms with van der Waals surface area (Å²) in [6.45, 7) is 7.05.